The maximum Gasteiger partial charge on any atom is 0.252 e. The molecule has 0 radical (unpaired) electrons. The van der Waals surface area contributed by atoms with Crippen LogP contribution in [0.2, 0.25) is 0 Å². The largest absolute Gasteiger partial charge is 0.377 e. The van der Waals surface area contributed by atoms with Gasteiger partial charge in [-0.25, -0.2) is 8.42 Å². The molecule has 6 nitrogen and oxygen atoms in total. The number of nitrogens with zero attached hydrogens (tertiary/aromatic N) is 2. The Labute approximate surface area is 161 Å². The molecule has 1 aromatic rings. The molecule has 1 atom stereocenters. The van der Waals surface area contributed by atoms with Crippen LogP contribution in [-0.4, -0.2) is 61.9 Å². The molecule has 0 N–H and O–H groups in total. The summed E-state index contributed by atoms with van der Waals surface area (Å²) in [7, 11) is -3.54. The number of thiophene rings is 1. The standard InChI is InChI=1S/C16H23BrN2O4S2/c1-16(2)11-23-9-8-19(16)15(20)12-4-3-7-18(10-12)25(21,22)14-6-5-13(17)24-14/h5-6,12H,3-4,7-11H2,1-2H3. The zero-order chi connectivity index (χ0) is 18.2. The van der Waals surface area contributed by atoms with E-state index in [2.05, 4.69) is 15.9 Å². The molecule has 0 aromatic carbocycles. The summed E-state index contributed by atoms with van der Waals surface area (Å²) in [5.41, 5.74) is -0.352. The Morgan fingerprint density at radius 1 is 1.36 bits per heavy atom. The minimum absolute atomic E-state index is 0.0422. The monoisotopic (exact) mass is 450 g/mol. The van der Waals surface area contributed by atoms with Crippen LogP contribution < -0.4 is 0 Å². The van der Waals surface area contributed by atoms with Gasteiger partial charge < -0.3 is 9.64 Å². The van der Waals surface area contributed by atoms with Crippen LogP contribution in [0.15, 0.2) is 20.1 Å². The molecule has 3 rings (SSSR count). The summed E-state index contributed by atoms with van der Waals surface area (Å²) in [6.07, 6.45) is 1.43. The number of amides is 1. The maximum atomic E-state index is 13.0. The molecule has 25 heavy (non-hydrogen) atoms. The first kappa shape index (κ1) is 19.3. The quantitative estimate of drug-likeness (QED) is 0.709. The fourth-order valence-electron chi connectivity index (χ4n) is 3.41. The van der Waals surface area contributed by atoms with Gasteiger partial charge in [-0.3, -0.25) is 4.79 Å². The van der Waals surface area contributed by atoms with Gasteiger partial charge in [0.2, 0.25) is 5.91 Å². The van der Waals surface area contributed by atoms with Crippen molar-refractivity contribution in [1.29, 1.82) is 0 Å². The highest BCUT2D eigenvalue weighted by Crippen LogP contribution is 2.32. The van der Waals surface area contributed by atoms with Crippen molar-refractivity contribution in [3.63, 3.8) is 0 Å². The molecule has 9 heteroatoms. The third-order valence-corrected chi connectivity index (χ3v) is 8.74. The highest BCUT2D eigenvalue weighted by atomic mass is 79.9. The summed E-state index contributed by atoms with van der Waals surface area (Å²) in [6, 6.07) is 3.35. The fourth-order valence-corrected chi connectivity index (χ4v) is 7.10. The van der Waals surface area contributed by atoms with E-state index >= 15 is 0 Å². The lowest BCUT2D eigenvalue weighted by atomic mass is 9.94. The Morgan fingerprint density at radius 2 is 2.12 bits per heavy atom. The van der Waals surface area contributed by atoms with Gasteiger partial charge in [0.15, 0.2) is 0 Å². The summed E-state index contributed by atoms with van der Waals surface area (Å²) in [5.74, 6) is -0.245. The number of hydrogen-bond donors (Lipinski definition) is 0. The van der Waals surface area contributed by atoms with Crippen LogP contribution in [0.25, 0.3) is 0 Å². The van der Waals surface area contributed by atoms with Gasteiger partial charge in [0.1, 0.15) is 4.21 Å². The number of morpholine rings is 1. The molecule has 0 spiro atoms. The van der Waals surface area contributed by atoms with Crippen molar-refractivity contribution in [1.82, 2.24) is 9.21 Å². The van der Waals surface area contributed by atoms with Crippen LogP contribution in [0.4, 0.5) is 0 Å². The summed E-state index contributed by atoms with van der Waals surface area (Å²) < 4.78 is 33.7. The molecule has 2 aliphatic heterocycles. The maximum absolute atomic E-state index is 13.0. The van der Waals surface area contributed by atoms with Gasteiger partial charge in [-0.15, -0.1) is 11.3 Å². The molecule has 0 saturated carbocycles. The number of rotatable bonds is 3. The Bertz CT molecular complexity index is 747. The van der Waals surface area contributed by atoms with Crippen LogP contribution in [-0.2, 0) is 19.6 Å². The minimum Gasteiger partial charge on any atom is -0.377 e. The molecular formula is C16H23BrN2O4S2. The zero-order valence-corrected chi connectivity index (χ0v) is 17.6. The van der Waals surface area contributed by atoms with E-state index in [1.165, 1.54) is 15.6 Å². The van der Waals surface area contributed by atoms with Crippen LogP contribution in [0.3, 0.4) is 0 Å². The number of hydrogen-bond acceptors (Lipinski definition) is 5. The van der Waals surface area contributed by atoms with Crippen molar-refractivity contribution >= 4 is 43.2 Å². The number of carbonyl (C=O) groups is 1. The lowest BCUT2D eigenvalue weighted by Crippen LogP contribution is -2.58. The van der Waals surface area contributed by atoms with Crippen molar-refractivity contribution in [3.8, 4) is 0 Å². The predicted molar refractivity (Wildman–Crippen MR) is 100 cm³/mol. The molecule has 0 bridgehead atoms. The first-order valence-electron chi connectivity index (χ1n) is 8.36. The summed E-state index contributed by atoms with van der Waals surface area (Å²) in [5, 5.41) is 0. The van der Waals surface area contributed by atoms with E-state index in [9.17, 15) is 13.2 Å². The highest BCUT2D eigenvalue weighted by Gasteiger charge is 2.40. The first-order chi connectivity index (χ1) is 11.7. The molecule has 0 aliphatic carbocycles. The van der Waals surface area contributed by atoms with Gasteiger partial charge >= 0.3 is 0 Å². The van der Waals surface area contributed by atoms with E-state index in [1.807, 2.05) is 18.7 Å². The SMILES string of the molecule is CC1(C)COCCN1C(=O)C1CCCN(S(=O)(=O)c2ccc(Br)s2)C1. The van der Waals surface area contributed by atoms with E-state index in [1.54, 1.807) is 12.1 Å². The van der Waals surface area contributed by atoms with Crippen LogP contribution >= 0.6 is 27.3 Å². The zero-order valence-electron chi connectivity index (χ0n) is 14.4. The van der Waals surface area contributed by atoms with Gasteiger partial charge in [0, 0.05) is 19.6 Å². The highest BCUT2D eigenvalue weighted by molar-refractivity contribution is 9.11. The molecule has 2 saturated heterocycles. The Hall–Kier alpha value is -0.480. The predicted octanol–water partition coefficient (Wildman–Crippen LogP) is 2.55. The van der Waals surface area contributed by atoms with Crippen LogP contribution in [0.1, 0.15) is 26.7 Å². The second kappa shape index (κ2) is 7.26. The third-order valence-electron chi connectivity index (χ3n) is 4.79. The fraction of sp³-hybridized carbons (Fsp3) is 0.688. The van der Waals surface area contributed by atoms with Crippen molar-refractivity contribution in [2.75, 3.05) is 32.8 Å². The number of carbonyl (C=O) groups excluding carboxylic acids is 1. The van der Waals surface area contributed by atoms with Gasteiger partial charge in [-0.05, 0) is 54.8 Å². The van der Waals surface area contributed by atoms with Crippen molar-refractivity contribution in [2.45, 2.75) is 36.4 Å². The second-order valence-electron chi connectivity index (χ2n) is 7.12. The Balaban J connectivity index is 1.76. The molecule has 140 valence electrons. The third kappa shape index (κ3) is 3.95. The normalized spacial score (nSPS) is 25.1. The van der Waals surface area contributed by atoms with E-state index in [-0.39, 0.29) is 23.9 Å². The second-order valence-corrected chi connectivity index (χ2v) is 11.7. The van der Waals surface area contributed by atoms with Gasteiger partial charge in [0.25, 0.3) is 10.0 Å². The lowest BCUT2D eigenvalue weighted by molar-refractivity contribution is -0.151. The average Bonchev–Trinajstić information content (AvgIpc) is 3.01. The minimum atomic E-state index is -3.54. The van der Waals surface area contributed by atoms with Crippen LogP contribution in [0.5, 0.6) is 0 Å². The topological polar surface area (TPSA) is 66.9 Å². The summed E-state index contributed by atoms with van der Waals surface area (Å²) in [6.45, 7) is 6.31. The van der Waals surface area contributed by atoms with E-state index < -0.39 is 10.0 Å². The van der Waals surface area contributed by atoms with Gasteiger partial charge in [-0.2, -0.15) is 4.31 Å². The molecule has 3 heterocycles. The van der Waals surface area contributed by atoms with Gasteiger partial charge in [-0.1, -0.05) is 0 Å². The molecule has 1 amide bonds. The molecule has 2 aliphatic rings. The number of halogens is 1. The number of piperidine rings is 1. The van der Waals surface area contributed by atoms with E-state index in [4.69, 9.17) is 4.74 Å². The molecule has 1 unspecified atom stereocenters. The van der Waals surface area contributed by atoms with Crippen molar-refractivity contribution in [3.05, 3.63) is 15.9 Å². The summed E-state index contributed by atoms with van der Waals surface area (Å²) in [4.78, 5) is 14.9. The molecule has 2 fully saturated rings. The molecular weight excluding hydrogens is 428 g/mol. The smallest absolute Gasteiger partial charge is 0.252 e. The Morgan fingerprint density at radius 3 is 2.76 bits per heavy atom. The number of sulfonamides is 1. The van der Waals surface area contributed by atoms with Crippen molar-refractivity contribution < 1.29 is 17.9 Å². The van der Waals surface area contributed by atoms with E-state index in [0.29, 0.717) is 36.9 Å². The number of ether oxygens (including phenoxy) is 1. The van der Waals surface area contributed by atoms with Crippen LogP contribution in [0, 0.1) is 5.92 Å². The van der Waals surface area contributed by atoms with Crippen molar-refractivity contribution in [2.24, 2.45) is 5.92 Å². The first-order valence-corrected chi connectivity index (χ1v) is 11.4. The molecule has 1 aromatic heterocycles. The summed E-state index contributed by atoms with van der Waals surface area (Å²) >= 11 is 4.51. The Kier molecular flexibility index (Phi) is 5.60. The lowest BCUT2D eigenvalue weighted by Gasteiger charge is -2.44. The van der Waals surface area contributed by atoms with Gasteiger partial charge in [0.05, 0.1) is 28.5 Å². The van der Waals surface area contributed by atoms with E-state index in [0.717, 1.165) is 10.2 Å². The average molecular weight is 451 g/mol.